The first kappa shape index (κ1) is 12.6. The second-order valence-corrected chi connectivity index (χ2v) is 3.82. The van der Waals surface area contributed by atoms with Crippen molar-refractivity contribution in [2.75, 3.05) is 0 Å². The van der Waals surface area contributed by atoms with Crippen LogP contribution in [-0.2, 0) is 6.61 Å². The molecule has 0 aliphatic rings. The first-order valence-corrected chi connectivity index (χ1v) is 5.56. The first-order valence-electron chi connectivity index (χ1n) is 5.56. The average molecular weight is 254 g/mol. The Morgan fingerprint density at radius 1 is 1.16 bits per heavy atom. The highest BCUT2D eigenvalue weighted by atomic mass is 16.6. The summed E-state index contributed by atoms with van der Waals surface area (Å²) in [6.45, 7) is 0.261. The van der Waals surface area contributed by atoms with Crippen LogP contribution in [0.1, 0.15) is 11.1 Å². The van der Waals surface area contributed by atoms with Crippen LogP contribution in [0.4, 0.5) is 5.69 Å². The SMILES string of the molecule is N#Cc1ccccc1OCc1ccc([N+](=O)[O-])cc1. The number of nitrogens with zero attached hydrogens (tertiary/aromatic N) is 2. The molecule has 0 aliphatic carbocycles. The van der Waals surface area contributed by atoms with E-state index in [2.05, 4.69) is 0 Å². The maximum absolute atomic E-state index is 10.5. The molecule has 0 aromatic heterocycles. The molecule has 0 unspecified atom stereocenters. The predicted octanol–water partition coefficient (Wildman–Crippen LogP) is 3.05. The average Bonchev–Trinajstić information content (AvgIpc) is 2.45. The van der Waals surface area contributed by atoms with Gasteiger partial charge in [0.2, 0.25) is 0 Å². The van der Waals surface area contributed by atoms with Crippen molar-refractivity contribution in [3.63, 3.8) is 0 Å². The third-order valence-corrected chi connectivity index (χ3v) is 2.55. The Bertz CT molecular complexity index is 630. The van der Waals surface area contributed by atoms with E-state index in [1.54, 1.807) is 36.4 Å². The van der Waals surface area contributed by atoms with E-state index in [-0.39, 0.29) is 12.3 Å². The lowest BCUT2D eigenvalue weighted by Crippen LogP contribution is -1.97. The molecule has 0 heterocycles. The summed E-state index contributed by atoms with van der Waals surface area (Å²) >= 11 is 0. The number of rotatable bonds is 4. The van der Waals surface area contributed by atoms with E-state index in [0.717, 1.165) is 5.56 Å². The van der Waals surface area contributed by atoms with Gasteiger partial charge in [-0.1, -0.05) is 12.1 Å². The molecule has 5 nitrogen and oxygen atoms in total. The van der Waals surface area contributed by atoms with Crippen LogP contribution in [-0.4, -0.2) is 4.92 Å². The van der Waals surface area contributed by atoms with Crippen LogP contribution in [0.2, 0.25) is 0 Å². The van der Waals surface area contributed by atoms with Crippen LogP contribution in [0.3, 0.4) is 0 Å². The molecular weight excluding hydrogens is 244 g/mol. The number of ether oxygens (including phenoxy) is 1. The second kappa shape index (κ2) is 5.65. The third kappa shape index (κ3) is 3.07. The second-order valence-electron chi connectivity index (χ2n) is 3.82. The van der Waals surface area contributed by atoms with Crippen molar-refractivity contribution in [2.45, 2.75) is 6.61 Å². The summed E-state index contributed by atoms with van der Waals surface area (Å²) in [4.78, 5) is 10.1. The predicted molar refractivity (Wildman–Crippen MR) is 68.6 cm³/mol. The van der Waals surface area contributed by atoms with Gasteiger partial charge < -0.3 is 4.74 Å². The molecule has 94 valence electrons. The zero-order valence-electron chi connectivity index (χ0n) is 9.95. The van der Waals surface area contributed by atoms with Crippen LogP contribution in [0.5, 0.6) is 5.75 Å². The molecule has 5 heteroatoms. The normalized spacial score (nSPS) is 9.63. The molecule has 0 aliphatic heterocycles. The van der Waals surface area contributed by atoms with E-state index in [4.69, 9.17) is 10.00 Å². The molecule has 0 amide bonds. The van der Waals surface area contributed by atoms with Gasteiger partial charge in [0.25, 0.3) is 5.69 Å². The molecular formula is C14H10N2O3. The van der Waals surface area contributed by atoms with Gasteiger partial charge in [-0.25, -0.2) is 0 Å². The summed E-state index contributed by atoms with van der Waals surface area (Å²) in [6.07, 6.45) is 0. The zero-order chi connectivity index (χ0) is 13.7. The van der Waals surface area contributed by atoms with E-state index >= 15 is 0 Å². The van der Waals surface area contributed by atoms with Crippen LogP contribution < -0.4 is 4.74 Å². The molecule has 0 saturated heterocycles. The van der Waals surface area contributed by atoms with Crippen molar-refractivity contribution >= 4 is 5.69 Å². The van der Waals surface area contributed by atoms with Gasteiger partial charge in [-0.3, -0.25) is 10.1 Å². The van der Waals surface area contributed by atoms with Crippen molar-refractivity contribution in [3.8, 4) is 11.8 Å². The Labute approximate surface area is 109 Å². The zero-order valence-corrected chi connectivity index (χ0v) is 9.95. The van der Waals surface area contributed by atoms with Gasteiger partial charge in [0.1, 0.15) is 18.4 Å². The fourth-order valence-corrected chi connectivity index (χ4v) is 1.56. The molecule has 0 radical (unpaired) electrons. The monoisotopic (exact) mass is 254 g/mol. The van der Waals surface area contributed by atoms with Crippen molar-refractivity contribution < 1.29 is 9.66 Å². The first-order chi connectivity index (χ1) is 9.20. The fraction of sp³-hybridized carbons (Fsp3) is 0.0714. The molecule has 2 rings (SSSR count). The Balaban J connectivity index is 2.06. The van der Waals surface area contributed by atoms with E-state index < -0.39 is 4.92 Å². The molecule has 0 bridgehead atoms. The summed E-state index contributed by atoms with van der Waals surface area (Å²) in [6, 6.07) is 15.1. The largest absolute Gasteiger partial charge is 0.488 e. The maximum atomic E-state index is 10.5. The smallest absolute Gasteiger partial charge is 0.269 e. The molecule has 2 aromatic carbocycles. The van der Waals surface area contributed by atoms with E-state index in [0.29, 0.717) is 11.3 Å². The Hall–Kier alpha value is -2.87. The van der Waals surface area contributed by atoms with Gasteiger partial charge >= 0.3 is 0 Å². The van der Waals surface area contributed by atoms with Crippen molar-refractivity contribution in [1.82, 2.24) is 0 Å². The lowest BCUT2D eigenvalue weighted by molar-refractivity contribution is -0.384. The van der Waals surface area contributed by atoms with Gasteiger partial charge in [0.05, 0.1) is 10.5 Å². The van der Waals surface area contributed by atoms with Gasteiger partial charge in [0.15, 0.2) is 0 Å². The number of non-ortho nitro benzene ring substituents is 1. The van der Waals surface area contributed by atoms with E-state index in [1.165, 1.54) is 12.1 Å². The van der Waals surface area contributed by atoms with Crippen LogP contribution in [0, 0.1) is 21.4 Å². The number of para-hydroxylation sites is 1. The maximum Gasteiger partial charge on any atom is 0.269 e. The summed E-state index contributed by atoms with van der Waals surface area (Å²) in [5, 5.41) is 19.4. The summed E-state index contributed by atoms with van der Waals surface area (Å²) in [5.74, 6) is 0.503. The Morgan fingerprint density at radius 3 is 2.47 bits per heavy atom. The van der Waals surface area contributed by atoms with E-state index in [9.17, 15) is 10.1 Å². The van der Waals surface area contributed by atoms with Crippen molar-refractivity contribution in [2.24, 2.45) is 0 Å². The molecule has 19 heavy (non-hydrogen) atoms. The van der Waals surface area contributed by atoms with Crippen LogP contribution >= 0.6 is 0 Å². The molecule has 0 spiro atoms. The standard InChI is InChI=1S/C14H10N2O3/c15-9-12-3-1-2-4-14(12)19-10-11-5-7-13(8-6-11)16(17)18/h1-8H,10H2. The van der Waals surface area contributed by atoms with Gasteiger partial charge in [-0.05, 0) is 29.8 Å². The number of nitro benzene ring substituents is 1. The molecule has 0 saturated carbocycles. The summed E-state index contributed by atoms with van der Waals surface area (Å²) in [7, 11) is 0. The number of nitro groups is 1. The van der Waals surface area contributed by atoms with Gasteiger partial charge in [-0.2, -0.15) is 5.26 Å². The molecule has 0 atom stereocenters. The highest BCUT2D eigenvalue weighted by molar-refractivity contribution is 5.42. The van der Waals surface area contributed by atoms with Crippen LogP contribution in [0.15, 0.2) is 48.5 Å². The van der Waals surface area contributed by atoms with Crippen molar-refractivity contribution in [3.05, 3.63) is 69.8 Å². The molecule has 2 aromatic rings. The van der Waals surface area contributed by atoms with Crippen molar-refractivity contribution in [1.29, 1.82) is 5.26 Å². The Morgan fingerprint density at radius 2 is 1.84 bits per heavy atom. The molecule has 0 fully saturated rings. The minimum Gasteiger partial charge on any atom is -0.488 e. The highest BCUT2D eigenvalue weighted by Gasteiger charge is 2.05. The van der Waals surface area contributed by atoms with E-state index in [1.807, 2.05) is 6.07 Å². The number of hydrogen-bond donors (Lipinski definition) is 0. The minimum atomic E-state index is -0.449. The minimum absolute atomic E-state index is 0.0428. The number of benzene rings is 2. The third-order valence-electron chi connectivity index (χ3n) is 2.55. The lowest BCUT2D eigenvalue weighted by atomic mass is 10.2. The quantitative estimate of drug-likeness (QED) is 0.620. The summed E-state index contributed by atoms with van der Waals surface area (Å²) < 4.78 is 5.52. The van der Waals surface area contributed by atoms with Gasteiger partial charge in [0, 0.05) is 12.1 Å². The molecule has 0 N–H and O–H groups in total. The summed E-state index contributed by atoms with van der Waals surface area (Å²) in [5.41, 5.74) is 1.31. The van der Waals surface area contributed by atoms with Crippen LogP contribution in [0.25, 0.3) is 0 Å². The highest BCUT2D eigenvalue weighted by Crippen LogP contribution is 2.19. The lowest BCUT2D eigenvalue weighted by Gasteiger charge is -2.07. The number of hydrogen-bond acceptors (Lipinski definition) is 4. The number of nitriles is 1. The Kier molecular flexibility index (Phi) is 3.74. The van der Waals surface area contributed by atoms with Gasteiger partial charge in [-0.15, -0.1) is 0 Å². The topological polar surface area (TPSA) is 76.2 Å². The fourth-order valence-electron chi connectivity index (χ4n) is 1.56.